The van der Waals surface area contributed by atoms with E-state index in [4.69, 9.17) is 0 Å². The van der Waals surface area contributed by atoms with Gasteiger partial charge in [0.05, 0.1) is 0 Å². The number of hydrogen-bond acceptors (Lipinski definition) is 2. The molecule has 2 rings (SSSR count). The Balaban J connectivity index is 1.93. The van der Waals surface area contributed by atoms with Gasteiger partial charge in [0, 0.05) is 31.7 Å². The molecule has 0 spiro atoms. The van der Waals surface area contributed by atoms with E-state index >= 15 is 0 Å². The third kappa shape index (κ3) is 2.05. The molecule has 0 amide bonds. The van der Waals surface area contributed by atoms with E-state index in [2.05, 4.69) is 17.1 Å². The van der Waals surface area contributed by atoms with Crippen LogP contribution in [-0.2, 0) is 0 Å². The second-order valence-electron chi connectivity index (χ2n) is 4.44. The highest BCUT2D eigenvalue weighted by Gasteiger charge is 2.29. The Hall–Kier alpha value is -0.0800. The summed E-state index contributed by atoms with van der Waals surface area (Å²) in [6.07, 6.45) is 7.15. The van der Waals surface area contributed by atoms with E-state index in [-0.39, 0.29) is 0 Å². The summed E-state index contributed by atoms with van der Waals surface area (Å²) in [6, 6.07) is 1.74. The lowest BCUT2D eigenvalue weighted by molar-refractivity contribution is 0.105. The van der Waals surface area contributed by atoms with Crippen molar-refractivity contribution in [1.82, 2.24) is 10.2 Å². The monoisotopic (exact) mass is 182 g/mol. The maximum absolute atomic E-state index is 3.50. The molecule has 2 nitrogen and oxygen atoms in total. The highest BCUT2D eigenvalue weighted by Crippen LogP contribution is 2.26. The van der Waals surface area contributed by atoms with Gasteiger partial charge in [-0.15, -0.1) is 0 Å². The van der Waals surface area contributed by atoms with Crippen molar-refractivity contribution >= 4 is 0 Å². The molecular formula is C11H22N2. The van der Waals surface area contributed by atoms with Crippen LogP contribution in [0.1, 0.15) is 39.0 Å². The average molecular weight is 182 g/mol. The van der Waals surface area contributed by atoms with Gasteiger partial charge in [-0.3, -0.25) is 4.90 Å². The van der Waals surface area contributed by atoms with Crippen LogP contribution in [0.2, 0.25) is 0 Å². The van der Waals surface area contributed by atoms with Crippen molar-refractivity contribution in [3.63, 3.8) is 0 Å². The van der Waals surface area contributed by atoms with Crippen molar-refractivity contribution in [2.45, 2.75) is 51.1 Å². The van der Waals surface area contributed by atoms with Crippen LogP contribution in [0.25, 0.3) is 0 Å². The van der Waals surface area contributed by atoms with Crippen molar-refractivity contribution in [3.05, 3.63) is 0 Å². The molecule has 1 unspecified atom stereocenters. The molecule has 76 valence electrons. The van der Waals surface area contributed by atoms with Gasteiger partial charge in [0.1, 0.15) is 0 Å². The summed E-state index contributed by atoms with van der Waals surface area (Å²) in [5, 5.41) is 3.50. The summed E-state index contributed by atoms with van der Waals surface area (Å²) in [7, 11) is 0. The molecule has 2 heteroatoms. The number of nitrogens with one attached hydrogen (secondary N) is 1. The van der Waals surface area contributed by atoms with Gasteiger partial charge in [0.2, 0.25) is 0 Å². The summed E-state index contributed by atoms with van der Waals surface area (Å²) in [5.41, 5.74) is 0. The van der Waals surface area contributed by atoms with Gasteiger partial charge in [0.25, 0.3) is 0 Å². The predicted molar refractivity (Wildman–Crippen MR) is 55.9 cm³/mol. The van der Waals surface area contributed by atoms with Gasteiger partial charge in [-0.25, -0.2) is 0 Å². The topological polar surface area (TPSA) is 15.3 Å². The summed E-state index contributed by atoms with van der Waals surface area (Å²) in [4.78, 5) is 2.77. The maximum Gasteiger partial charge on any atom is 0.0221 e. The van der Waals surface area contributed by atoms with Crippen molar-refractivity contribution in [3.8, 4) is 0 Å². The van der Waals surface area contributed by atoms with Crippen molar-refractivity contribution in [1.29, 1.82) is 0 Å². The van der Waals surface area contributed by atoms with Gasteiger partial charge >= 0.3 is 0 Å². The molecule has 0 aromatic heterocycles. The van der Waals surface area contributed by atoms with Crippen LogP contribution >= 0.6 is 0 Å². The minimum atomic E-state index is 0.817. The first-order chi connectivity index (χ1) is 6.42. The standard InChI is InChI=1S/C11H22N2/c1-2-10-9-12-7-8-13(10)11-5-3-4-6-11/h10-12H,2-9H2,1H3. The number of nitrogens with zero attached hydrogens (tertiary/aromatic N) is 1. The molecule has 1 saturated heterocycles. The normalized spacial score (nSPS) is 32.5. The fourth-order valence-corrected chi connectivity index (χ4v) is 2.87. The average Bonchev–Trinajstić information content (AvgIpc) is 2.70. The highest BCUT2D eigenvalue weighted by atomic mass is 15.2. The second kappa shape index (κ2) is 4.43. The Bertz CT molecular complexity index is 150. The van der Waals surface area contributed by atoms with Crippen LogP contribution < -0.4 is 5.32 Å². The Labute approximate surface area is 81.7 Å². The Kier molecular flexibility index (Phi) is 3.23. The minimum Gasteiger partial charge on any atom is -0.314 e. The first-order valence-corrected chi connectivity index (χ1v) is 5.88. The molecule has 13 heavy (non-hydrogen) atoms. The molecule has 0 aromatic rings. The third-order valence-electron chi connectivity index (χ3n) is 3.66. The quantitative estimate of drug-likeness (QED) is 0.698. The maximum atomic E-state index is 3.50. The Morgan fingerprint density at radius 3 is 2.77 bits per heavy atom. The van der Waals surface area contributed by atoms with E-state index in [0.717, 1.165) is 12.1 Å². The molecule has 1 aliphatic carbocycles. The van der Waals surface area contributed by atoms with Gasteiger partial charge in [-0.2, -0.15) is 0 Å². The predicted octanol–water partition coefficient (Wildman–Crippen LogP) is 1.61. The zero-order valence-corrected chi connectivity index (χ0v) is 8.76. The molecule has 1 aliphatic heterocycles. The van der Waals surface area contributed by atoms with Gasteiger partial charge in [0.15, 0.2) is 0 Å². The van der Waals surface area contributed by atoms with Crippen molar-refractivity contribution in [2.24, 2.45) is 0 Å². The fraction of sp³-hybridized carbons (Fsp3) is 1.00. The van der Waals surface area contributed by atoms with E-state index < -0.39 is 0 Å². The number of rotatable bonds is 2. The van der Waals surface area contributed by atoms with Crippen LogP contribution in [0, 0.1) is 0 Å². The van der Waals surface area contributed by atoms with E-state index in [0.29, 0.717) is 0 Å². The lowest BCUT2D eigenvalue weighted by atomic mass is 10.1. The zero-order valence-electron chi connectivity index (χ0n) is 8.76. The molecule has 0 radical (unpaired) electrons. The van der Waals surface area contributed by atoms with E-state index in [1.807, 2.05) is 0 Å². The van der Waals surface area contributed by atoms with Crippen molar-refractivity contribution < 1.29 is 0 Å². The van der Waals surface area contributed by atoms with Crippen LogP contribution in [0.3, 0.4) is 0 Å². The summed E-state index contributed by atoms with van der Waals surface area (Å²) < 4.78 is 0. The second-order valence-corrected chi connectivity index (χ2v) is 4.44. The smallest absolute Gasteiger partial charge is 0.0221 e. The van der Waals surface area contributed by atoms with E-state index in [9.17, 15) is 0 Å². The Morgan fingerprint density at radius 1 is 1.31 bits per heavy atom. The zero-order chi connectivity index (χ0) is 9.10. The van der Waals surface area contributed by atoms with Crippen LogP contribution in [0.4, 0.5) is 0 Å². The van der Waals surface area contributed by atoms with Gasteiger partial charge in [-0.1, -0.05) is 19.8 Å². The first-order valence-electron chi connectivity index (χ1n) is 5.88. The molecule has 2 fully saturated rings. The lowest BCUT2D eigenvalue weighted by Gasteiger charge is -2.39. The molecule has 0 aromatic carbocycles. The van der Waals surface area contributed by atoms with E-state index in [1.165, 1.54) is 51.7 Å². The van der Waals surface area contributed by atoms with E-state index in [1.54, 1.807) is 0 Å². The number of piperazine rings is 1. The van der Waals surface area contributed by atoms with Gasteiger partial charge in [-0.05, 0) is 19.3 Å². The van der Waals surface area contributed by atoms with Crippen LogP contribution in [0.15, 0.2) is 0 Å². The molecule has 1 N–H and O–H groups in total. The van der Waals surface area contributed by atoms with Crippen molar-refractivity contribution in [2.75, 3.05) is 19.6 Å². The summed E-state index contributed by atoms with van der Waals surface area (Å²) >= 11 is 0. The molecular weight excluding hydrogens is 160 g/mol. The SMILES string of the molecule is CCC1CNCCN1C1CCCC1. The fourth-order valence-electron chi connectivity index (χ4n) is 2.87. The van der Waals surface area contributed by atoms with Crippen LogP contribution in [-0.4, -0.2) is 36.6 Å². The molecule has 2 aliphatic rings. The molecule has 1 heterocycles. The largest absolute Gasteiger partial charge is 0.314 e. The van der Waals surface area contributed by atoms with Gasteiger partial charge < -0.3 is 5.32 Å². The molecule has 1 saturated carbocycles. The number of hydrogen-bond donors (Lipinski definition) is 1. The lowest BCUT2D eigenvalue weighted by Crippen LogP contribution is -2.54. The third-order valence-corrected chi connectivity index (χ3v) is 3.66. The minimum absolute atomic E-state index is 0.817. The molecule has 0 bridgehead atoms. The Morgan fingerprint density at radius 2 is 2.08 bits per heavy atom. The highest BCUT2D eigenvalue weighted by molar-refractivity contribution is 4.86. The first kappa shape index (κ1) is 9.47. The summed E-state index contributed by atoms with van der Waals surface area (Å²) in [5.74, 6) is 0. The summed E-state index contributed by atoms with van der Waals surface area (Å²) in [6.45, 7) is 6.02. The molecule has 1 atom stereocenters. The van der Waals surface area contributed by atoms with Crippen LogP contribution in [0.5, 0.6) is 0 Å².